The second-order valence-electron chi connectivity index (χ2n) is 4.39. The van der Waals surface area contributed by atoms with Gasteiger partial charge in [-0.05, 0) is 32.1 Å². The fourth-order valence-corrected chi connectivity index (χ4v) is 2.49. The van der Waals surface area contributed by atoms with Gasteiger partial charge < -0.3 is 4.57 Å². The third kappa shape index (κ3) is 2.19. The Kier molecular flexibility index (Phi) is 3.86. The number of hydrogen-bond donors (Lipinski definition) is 0. The lowest BCUT2D eigenvalue weighted by atomic mass is 10.2. The lowest BCUT2D eigenvalue weighted by Crippen LogP contribution is -2.28. The predicted molar refractivity (Wildman–Crippen MR) is 86.1 cm³/mol. The van der Waals surface area contributed by atoms with Crippen LogP contribution in [0.25, 0.3) is 28.8 Å². The third-order valence-corrected chi connectivity index (χ3v) is 3.23. The molecule has 0 unspecified atom stereocenters. The van der Waals surface area contributed by atoms with Crippen molar-refractivity contribution in [1.29, 1.82) is 0 Å². The Morgan fingerprint density at radius 3 is 2.53 bits per heavy atom. The van der Waals surface area contributed by atoms with Crippen LogP contribution >= 0.6 is 0 Å². The summed E-state index contributed by atoms with van der Waals surface area (Å²) in [5.41, 5.74) is 2.35. The van der Waals surface area contributed by atoms with E-state index < -0.39 is 0 Å². The molecule has 96 valence electrons. The molecular weight excluding hydrogens is 230 g/mol. The molecule has 0 aliphatic rings. The number of nitrogens with zero attached hydrogens (tertiary/aromatic N) is 1. The van der Waals surface area contributed by atoms with Crippen LogP contribution in [-0.2, 0) is 0 Å². The van der Waals surface area contributed by atoms with Crippen molar-refractivity contribution >= 4 is 28.8 Å². The molecule has 0 aliphatic carbocycles. The molecule has 0 atom stereocenters. The van der Waals surface area contributed by atoms with E-state index in [-0.39, 0.29) is 0 Å². The van der Waals surface area contributed by atoms with E-state index in [0.717, 1.165) is 11.0 Å². The maximum atomic E-state index is 3.83. The lowest BCUT2D eigenvalue weighted by molar-refractivity contribution is 1.09. The molecule has 19 heavy (non-hydrogen) atoms. The van der Waals surface area contributed by atoms with Crippen molar-refractivity contribution in [2.24, 2.45) is 0 Å². The van der Waals surface area contributed by atoms with E-state index >= 15 is 0 Å². The zero-order valence-electron chi connectivity index (χ0n) is 11.6. The monoisotopic (exact) mass is 249 g/mol. The van der Waals surface area contributed by atoms with Gasteiger partial charge in [0.15, 0.2) is 0 Å². The van der Waals surface area contributed by atoms with Crippen molar-refractivity contribution in [2.75, 3.05) is 0 Å². The molecule has 0 N–H and O–H groups in total. The highest BCUT2D eigenvalue weighted by Gasteiger charge is 2.06. The van der Waals surface area contributed by atoms with Gasteiger partial charge in [-0.3, -0.25) is 0 Å². The Balaban J connectivity index is 3.08. The number of benzene rings is 1. The van der Waals surface area contributed by atoms with E-state index in [1.807, 2.05) is 18.2 Å². The quantitative estimate of drug-likeness (QED) is 0.734. The molecule has 0 aliphatic heterocycles. The summed E-state index contributed by atoms with van der Waals surface area (Å²) >= 11 is 0. The summed E-state index contributed by atoms with van der Waals surface area (Å²) < 4.78 is 2.24. The van der Waals surface area contributed by atoms with Crippen LogP contribution in [0.4, 0.5) is 0 Å². The molecule has 0 bridgehead atoms. The molecule has 0 radical (unpaired) electrons. The minimum absolute atomic E-state index is 1.15. The first kappa shape index (κ1) is 13.2. The van der Waals surface area contributed by atoms with Crippen LogP contribution < -0.4 is 10.6 Å². The highest BCUT2D eigenvalue weighted by molar-refractivity contribution is 5.85. The predicted octanol–water partition coefficient (Wildman–Crippen LogP) is 3.46. The molecule has 2 rings (SSSR count). The largest absolute Gasteiger partial charge is 0.313 e. The number of fused-ring (bicyclic) bond motifs is 1. The maximum absolute atomic E-state index is 3.83. The first-order chi connectivity index (χ1) is 9.24. The molecule has 1 aromatic heterocycles. The summed E-state index contributed by atoms with van der Waals surface area (Å²) in [7, 11) is 0. The number of para-hydroxylation sites is 1. The normalized spacial score (nSPS) is 14.1. The SMILES string of the molecule is C=C/C=C(\C)n1c(=C/C=C)/c(=C\C)c2ccccc21. The standard InChI is InChI=1S/C18H19N/c1-5-10-14(4)19-17(11-6-2)15(7-3)16-12-8-9-13-18(16)19/h5-13H,1-2H2,3-4H3/b14-10+,15-7-,17-11+. The minimum Gasteiger partial charge on any atom is -0.313 e. The molecule has 0 spiro atoms. The minimum atomic E-state index is 1.15. The van der Waals surface area contributed by atoms with Crippen LogP contribution in [0.15, 0.2) is 55.7 Å². The Morgan fingerprint density at radius 2 is 1.89 bits per heavy atom. The third-order valence-electron chi connectivity index (χ3n) is 3.23. The molecule has 0 amide bonds. The fourth-order valence-electron chi connectivity index (χ4n) is 2.49. The van der Waals surface area contributed by atoms with Gasteiger partial charge in [-0.25, -0.2) is 0 Å². The number of hydrogen-bond acceptors (Lipinski definition) is 0. The fraction of sp³-hybridized carbons (Fsp3) is 0.111. The van der Waals surface area contributed by atoms with Gasteiger partial charge in [0.05, 0.1) is 10.9 Å². The summed E-state index contributed by atoms with van der Waals surface area (Å²) in [6.07, 6.45) is 9.87. The van der Waals surface area contributed by atoms with Crippen LogP contribution in [0.1, 0.15) is 13.8 Å². The van der Waals surface area contributed by atoms with Crippen molar-refractivity contribution in [1.82, 2.24) is 4.57 Å². The average Bonchev–Trinajstić information content (AvgIpc) is 2.72. The van der Waals surface area contributed by atoms with Crippen LogP contribution in [0, 0.1) is 0 Å². The number of rotatable bonds is 3. The van der Waals surface area contributed by atoms with E-state index in [1.165, 1.54) is 16.1 Å². The Hall–Kier alpha value is -2.28. The van der Waals surface area contributed by atoms with Crippen molar-refractivity contribution in [2.45, 2.75) is 13.8 Å². The Bertz CT molecular complexity index is 770. The number of aromatic nitrogens is 1. The highest BCUT2D eigenvalue weighted by Crippen LogP contribution is 2.13. The first-order valence-corrected chi connectivity index (χ1v) is 6.42. The van der Waals surface area contributed by atoms with Crippen molar-refractivity contribution in [3.05, 3.63) is 66.2 Å². The van der Waals surface area contributed by atoms with Crippen molar-refractivity contribution < 1.29 is 0 Å². The molecule has 1 aromatic carbocycles. The second-order valence-corrected chi connectivity index (χ2v) is 4.39. The van der Waals surface area contributed by atoms with Gasteiger partial charge in [0.2, 0.25) is 0 Å². The van der Waals surface area contributed by atoms with Crippen molar-refractivity contribution in [3.63, 3.8) is 0 Å². The van der Waals surface area contributed by atoms with Gasteiger partial charge in [0.1, 0.15) is 0 Å². The molecule has 0 saturated heterocycles. The summed E-state index contributed by atoms with van der Waals surface area (Å²) in [5, 5.41) is 3.66. The molecule has 0 saturated carbocycles. The van der Waals surface area contributed by atoms with E-state index in [9.17, 15) is 0 Å². The Morgan fingerprint density at radius 1 is 1.16 bits per heavy atom. The van der Waals surface area contributed by atoms with Crippen LogP contribution in [0.5, 0.6) is 0 Å². The zero-order valence-corrected chi connectivity index (χ0v) is 11.6. The van der Waals surface area contributed by atoms with Gasteiger partial charge in [-0.15, -0.1) is 0 Å². The van der Waals surface area contributed by atoms with E-state index in [0.29, 0.717) is 0 Å². The summed E-state index contributed by atoms with van der Waals surface area (Å²) in [6, 6.07) is 8.44. The van der Waals surface area contributed by atoms with Gasteiger partial charge in [0.25, 0.3) is 0 Å². The van der Waals surface area contributed by atoms with E-state index in [4.69, 9.17) is 0 Å². The van der Waals surface area contributed by atoms with Gasteiger partial charge in [0, 0.05) is 16.3 Å². The van der Waals surface area contributed by atoms with E-state index in [2.05, 4.69) is 68.0 Å². The van der Waals surface area contributed by atoms with Crippen LogP contribution in [0.3, 0.4) is 0 Å². The topological polar surface area (TPSA) is 4.93 Å². The van der Waals surface area contributed by atoms with Crippen molar-refractivity contribution in [3.8, 4) is 0 Å². The molecule has 1 heteroatoms. The summed E-state index contributed by atoms with van der Waals surface area (Å²) in [4.78, 5) is 0. The van der Waals surface area contributed by atoms with Crippen LogP contribution in [-0.4, -0.2) is 4.57 Å². The van der Waals surface area contributed by atoms with Gasteiger partial charge >= 0.3 is 0 Å². The van der Waals surface area contributed by atoms with E-state index in [1.54, 1.807) is 0 Å². The first-order valence-electron chi connectivity index (χ1n) is 6.42. The van der Waals surface area contributed by atoms with Gasteiger partial charge in [-0.1, -0.05) is 49.6 Å². The highest BCUT2D eigenvalue weighted by atomic mass is 15.0. The number of allylic oxidation sites excluding steroid dienone is 4. The smallest absolute Gasteiger partial charge is 0.0537 e. The molecular formula is C18H19N. The molecule has 2 aromatic rings. The summed E-state index contributed by atoms with van der Waals surface area (Å²) in [5.74, 6) is 0. The average molecular weight is 249 g/mol. The van der Waals surface area contributed by atoms with Crippen LogP contribution in [0.2, 0.25) is 0 Å². The second kappa shape index (κ2) is 5.57. The molecule has 1 heterocycles. The maximum Gasteiger partial charge on any atom is 0.0537 e. The Labute approximate surface area is 114 Å². The molecule has 0 fully saturated rings. The molecule has 1 nitrogen and oxygen atoms in total. The summed E-state index contributed by atoms with van der Waals surface area (Å²) in [6.45, 7) is 11.8. The van der Waals surface area contributed by atoms with Gasteiger partial charge in [-0.2, -0.15) is 0 Å². The lowest BCUT2D eigenvalue weighted by Gasteiger charge is -2.05. The zero-order chi connectivity index (χ0) is 13.8.